The Balaban J connectivity index is 1.63. The van der Waals surface area contributed by atoms with Gasteiger partial charge in [0.1, 0.15) is 0 Å². The van der Waals surface area contributed by atoms with Crippen LogP contribution in [-0.2, 0) is 13.6 Å². The van der Waals surface area contributed by atoms with Crippen LogP contribution in [0.5, 0.6) is 0 Å². The first kappa shape index (κ1) is 21.4. The molecule has 0 atom stereocenters. The van der Waals surface area contributed by atoms with Gasteiger partial charge in [0.25, 0.3) is 5.56 Å². The third kappa shape index (κ3) is 3.80. The third-order valence-electron chi connectivity index (χ3n) is 5.73. The van der Waals surface area contributed by atoms with Crippen LogP contribution >= 0.6 is 11.8 Å². The summed E-state index contributed by atoms with van der Waals surface area (Å²) in [6.07, 6.45) is 1.08. The Morgan fingerprint density at radius 1 is 1.16 bits per heavy atom. The second-order valence-corrected chi connectivity index (χ2v) is 9.27. The predicted molar refractivity (Wildman–Crippen MR) is 124 cm³/mol. The molecule has 0 saturated heterocycles. The van der Waals surface area contributed by atoms with E-state index in [9.17, 15) is 9.59 Å². The second-order valence-electron chi connectivity index (χ2n) is 8.33. The van der Waals surface area contributed by atoms with Crippen molar-refractivity contribution in [2.24, 2.45) is 13.0 Å². The number of rotatable bonds is 7. The molecule has 31 heavy (non-hydrogen) atoms. The van der Waals surface area contributed by atoms with Gasteiger partial charge in [-0.15, -0.1) is 10.2 Å². The summed E-state index contributed by atoms with van der Waals surface area (Å²) in [4.78, 5) is 25.6. The molecule has 0 saturated carbocycles. The number of fused-ring (bicyclic) bond motifs is 3. The van der Waals surface area contributed by atoms with Gasteiger partial charge >= 0.3 is 0 Å². The quantitative estimate of drug-likeness (QED) is 0.322. The number of hydrogen-bond donors (Lipinski definition) is 0. The SMILES string of the molecule is Cc1cc(C(=O)CSc2nnc3n(C)c(=O)c4ccccc4n23)c(C)n1CCC(C)C. The highest BCUT2D eigenvalue weighted by molar-refractivity contribution is 7.99. The minimum absolute atomic E-state index is 0.0692. The minimum atomic E-state index is -0.114. The standard InChI is InChI=1S/C23H27N5O2S/c1-14(2)10-11-27-15(3)12-18(16(27)4)20(29)13-31-23-25-24-22-26(5)21(30)17-8-6-7-9-19(17)28(22)23/h6-9,12,14H,10-11,13H2,1-5H3. The van der Waals surface area contributed by atoms with E-state index < -0.39 is 0 Å². The third-order valence-corrected chi connectivity index (χ3v) is 6.66. The molecule has 3 aromatic heterocycles. The number of para-hydroxylation sites is 1. The Morgan fingerprint density at radius 2 is 1.90 bits per heavy atom. The van der Waals surface area contributed by atoms with Gasteiger partial charge in [-0.1, -0.05) is 37.7 Å². The molecule has 8 heteroatoms. The Morgan fingerprint density at radius 3 is 2.65 bits per heavy atom. The molecule has 0 radical (unpaired) electrons. The molecule has 0 bridgehead atoms. The smallest absolute Gasteiger partial charge is 0.262 e. The Kier molecular flexibility index (Phi) is 5.75. The monoisotopic (exact) mass is 437 g/mol. The van der Waals surface area contributed by atoms with Crippen LogP contribution in [0.1, 0.15) is 42.0 Å². The molecule has 0 aliphatic carbocycles. The summed E-state index contributed by atoms with van der Waals surface area (Å²) in [5.41, 5.74) is 3.52. The van der Waals surface area contributed by atoms with Crippen molar-refractivity contribution >= 4 is 34.2 Å². The maximum Gasteiger partial charge on any atom is 0.262 e. The lowest BCUT2D eigenvalue weighted by Crippen LogP contribution is -2.20. The highest BCUT2D eigenvalue weighted by Gasteiger charge is 2.19. The number of ketones is 1. The van der Waals surface area contributed by atoms with Crippen molar-refractivity contribution in [1.82, 2.24) is 23.7 Å². The van der Waals surface area contributed by atoms with E-state index in [-0.39, 0.29) is 17.1 Å². The first-order valence-corrected chi connectivity index (χ1v) is 11.4. The zero-order valence-electron chi connectivity index (χ0n) is 18.5. The number of carbonyl (C=O) groups excluding carboxylic acids is 1. The van der Waals surface area contributed by atoms with Gasteiger partial charge in [0.15, 0.2) is 10.9 Å². The largest absolute Gasteiger partial charge is 0.348 e. The molecule has 0 amide bonds. The number of Topliss-reactive ketones (excluding diaryl/α,β-unsaturated/α-hetero) is 1. The van der Waals surface area contributed by atoms with Crippen LogP contribution in [0.2, 0.25) is 0 Å². The highest BCUT2D eigenvalue weighted by Crippen LogP contribution is 2.24. The van der Waals surface area contributed by atoms with Crippen LogP contribution in [0, 0.1) is 19.8 Å². The molecule has 162 valence electrons. The van der Waals surface area contributed by atoms with E-state index in [0.717, 1.165) is 35.4 Å². The Bertz CT molecular complexity index is 1350. The van der Waals surface area contributed by atoms with Crippen LogP contribution in [0.4, 0.5) is 0 Å². The zero-order chi connectivity index (χ0) is 22.3. The molecule has 7 nitrogen and oxygen atoms in total. The first-order valence-electron chi connectivity index (χ1n) is 10.4. The van der Waals surface area contributed by atoms with Crippen LogP contribution in [-0.4, -0.2) is 35.3 Å². The fraction of sp³-hybridized carbons (Fsp3) is 0.391. The summed E-state index contributed by atoms with van der Waals surface area (Å²) >= 11 is 1.35. The molecule has 0 N–H and O–H groups in total. The van der Waals surface area contributed by atoms with Gasteiger partial charge in [0.2, 0.25) is 5.78 Å². The van der Waals surface area contributed by atoms with Gasteiger partial charge in [-0.2, -0.15) is 0 Å². The lowest BCUT2D eigenvalue weighted by atomic mass is 10.1. The zero-order valence-corrected chi connectivity index (χ0v) is 19.4. The highest BCUT2D eigenvalue weighted by atomic mass is 32.2. The van der Waals surface area contributed by atoms with Gasteiger partial charge in [0, 0.05) is 30.5 Å². The van der Waals surface area contributed by atoms with E-state index >= 15 is 0 Å². The van der Waals surface area contributed by atoms with Crippen molar-refractivity contribution in [3.63, 3.8) is 0 Å². The second kappa shape index (κ2) is 8.34. The summed E-state index contributed by atoms with van der Waals surface area (Å²) in [6.45, 7) is 9.40. The lowest BCUT2D eigenvalue weighted by Gasteiger charge is -2.11. The Hall–Kier alpha value is -2.87. The van der Waals surface area contributed by atoms with E-state index in [1.54, 1.807) is 13.1 Å². The van der Waals surface area contributed by atoms with Gasteiger partial charge in [0.05, 0.1) is 16.7 Å². The van der Waals surface area contributed by atoms with Crippen LogP contribution in [0.15, 0.2) is 40.3 Å². The topological polar surface area (TPSA) is 74.2 Å². The van der Waals surface area contributed by atoms with Crippen LogP contribution in [0.25, 0.3) is 16.7 Å². The maximum absolute atomic E-state index is 13.0. The van der Waals surface area contributed by atoms with Crippen LogP contribution < -0.4 is 5.56 Å². The van der Waals surface area contributed by atoms with Crippen molar-refractivity contribution in [1.29, 1.82) is 0 Å². The predicted octanol–water partition coefficient (Wildman–Crippen LogP) is 4.02. The number of benzene rings is 1. The number of thioether (sulfide) groups is 1. The van der Waals surface area contributed by atoms with Gasteiger partial charge in [-0.25, -0.2) is 0 Å². The van der Waals surface area contributed by atoms with E-state index in [2.05, 4.69) is 35.5 Å². The molecule has 0 fully saturated rings. The number of aromatic nitrogens is 5. The number of hydrogen-bond acceptors (Lipinski definition) is 5. The van der Waals surface area contributed by atoms with Crippen molar-refractivity contribution in [3.05, 3.63) is 57.6 Å². The van der Waals surface area contributed by atoms with Gasteiger partial charge in [-0.3, -0.25) is 18.6 Å². The fourth-order valence-electron chi connectivity index (χ4n) is 3.93. The summed E-state index contributed by atoms with van der Waals surface area (Å²) in [5.74, 6) is 1.40. The molecular formula is C23H27N5O2S. The molecule has 0 aliphatic heterocycles. The summed E-state index contributed by atoms with van der Waals surface area (Å²) in [7, 11) is 1.68. The minimum Gasteiger partial charge on any atom is -0.348 e. The molecule has 4 rings (SSSR count). The summed E-state index contributed by atoms with van der Waals surface area (Å²) in [6, 6.07) is 9.38. The molecular weight excluding hydrogens is 410 g/mol. The van der Waals surface area contributed by atoms with E-state index in [1.807, 2.05) is 35.6 Å². The van der Waals surface area contributed by atoms with E-state index in [0.29, 0.717) is 22.2 Å². The van der Waals surface area contributed by atoms with Gasteiger partial charge in [-0.05, 0) is 44.4 Å². The molecule has 0 unspecified atom stereocenters. The molecule has 3 heterocycles. The normalized spacial score (nSPS) is 11.8. The average Bonchev–Trinajstić information content (AvgIpc) is 3.29. The summed E-state index contributed by atoms with van der Waals surface area (Å²) in [5, 5.41) is 9.66. The lowest BCUT2D eigenvalue weighted by molar-refractivity contribution is 0.102. The van der Waals surface area contributed by atoms with E-state index in [1.165, 1.54) is 16.3 Å². The Labute approximate surface area is 185 Å². The number of aryl methyl sites for hydroxylation is 2. The van der Waals surface area contributed by atoms with Crippen molar-refractivity contribution in [3.8, 4) is 0 Å². The van der Waals surface area contributed by atoms with Crippen molar-refractivity contribution < 1.29 is 4.79 Å². The van der Waals surface area contributed by atoms with Crippen LogP contribution in [0.3, 0.4) is 0 Å². The number of carbonyl (C=O) groups is 1. The average molecular weight is 438 g/mol. The molecule has 4 aromatic rings. The maximum atomic E-state index is 13.0. The van der Waals surface area contributed by atoms with E-state index in [4.69, 9.17) is 0 Å². The number of nitrogens with zero attached hydrogens (tertiary/aromatic N) is 5. The van der Waals surface area contributed by atoms with Crippen molar-refractivity contribution in [2.45, 2.75) is 45.8 Å². The molecule has 0 aliphatic rings. The molecule has 0 spiro atoms. The molecule has 1 aromatic carbocycles. The van der Waals surface area contributed by atoms with Gasteiger partial charge < -0.3 is 4.57 Å². The first-order chi connectivity index (χ1) is 14.8. The van der Waals surface area contributed by atoms with Crippen molar-refractivity contribution in [2.75, 3.05) is 5.75 Å². The fourth-order valence-corrected chi connectivity index (χ4v) is 4.75. The summed E-state index contributed by atoms with van der Waals surface area (Å²) < 4.78 is 5.57.